The average molecular weight is 298 g/mol. The first-order valence-electron chi connectivity index (χ1n) is 7.78. The van der Waals surface area contributed by atoms with Crippen LogP contribution in [0.4, 0.5) is 10.5 Å². The summed E-state index contributed by atoms with van der Waals surface area (Å²) in [6.07, 6.45) is 0. The second-order valence-electron chi connectivity index (χ2n) is 5.50. The number of carbonyl (C=O) groups is 1. The molecule has 0 bridgehead atoms. The summed E-state index contributed by atoms with van der Waals surface area (Å²) in [4.78, 5) is 14.4. The van der Waals surface area contributed by atoms with Gasteiger partial charge in [0.25, 0.3) is 0 Å². The standard InChI is InChI=1S/C17H22N4O/c22-17(19-10-13-21-11-8-18-9-12-21)20-16-7-3-5-14-4-1-2-6-15(14)16/h1-7,18H,8-13H2,(H2,19,20,22). The van der Waals surface area contributed by atoms with E-state index < -0.39 is 0 Å². The smallest absolute Gasteiger partial charge is 0.319 e. The Morgan fingerprint density at radius 1 is 1.09 bits per heavy atom. The molecule has 1 fully saturated rings. The Bertz CT molecular complexity index is 632. The van der Waals surface area contributed by atoms with Gasteiger partial charge >= 0.3 is 6.03 Å². The lowest BCUT2D eigenvalue weighted by Crippen LogP contribution is -2.46. The Morgan fingerprint density at radius 2 is 1.86 bits per heavy atom. The first-order chi connectivity index (χ1) is 10.8. The lowest BCUT2D eigenvalue weighted by molar-refractivity contribution is 0.233. The largest absolute Gasteiger partial charge is 0.337 e. The molecule has 2 aromatic carbocycles. The van der Waals surface area contributed by atoms with Crippen molar-refractivity contribution in [2.75, 3.05) is 44.6 Å². The molecule has 0 unspecified atom stereocenters. The lowest BCUT2D eigenvalue weighted by Gasteiger charge is -2.27. The number of rotatable bonds is 4. The van der Waals surface area contributed by atoms with Crippen LogP contribution in [-0.4, -0.2) is 50.2 Å². The predicted molar refractivity (Wildman–Crippen MR) is 90.3 cm³/mol. The molecule has 116 valence electrons. The summed E-state index contributed by atoms with van der Waals surface area (Å²) in [6.45, 7) is 5.71. The Balaban J connectivity index is 1.52. The molecule has 22 heavy (non-hydrogen) atoms. The third kappa shape index (κ3) is 3.75. The van der Waals surface area contributed by atoms with Gasteiger partial charge in [-0.25, -0.2) is 4.79 Å². The van der Waals surface area contributed by atoms with Gasteiger partial charge in [-0.05, 0) is 11.5 Å². The van der Waals surface area contributed by atoms with Gasteiger partial charge in [0.15, 0.2) is 0 Å². The molecule has 5 nitrogen and oxygen atoms in total. The van der Waals surface area contributed by atoms with E-state index in [0.717, 1.165) is 49.2 Å². The van der Waals surface area contributed by atoms with E-state index in [2.05, 4.69) is 20.9 Å². The van der Waals surface area contributed by atoms with Gasteiger partial charge < -0.3 is 16.0 Å². The predicted octanol–water partition coefficient (Wildman–Crippen LogP) is 1.87. The molecule has 5 heteroatoms. The van der Waals surface area contributed by atoms with Crippen LogP contribution in [0.25, 0.3) is 10.8 Å². The molecule has 0 radical (unpaired) electrons. The summed E-state index contributed by atoms with van der Waals surface area (Å²) in [5.74, 6) is 0. The van der Waals surface area contributed by atoms with Gasteiger partial charge in [-0.1, -0.05) is 36.4 Å². The van der Waals surface area contributed by atoms with Crippen molar-refractivity contribution in [3.05, 3.63) is 42.5 Å². The summed E-state index contributed by atoms with van der Waals surface area (Å²) < 4.78 is 0. The molecule has 0 spiro atoms. The number of piperazine rings is 1. The van der Waals surface area contributed by atoms with Crippen molar-refractivity contribution in [1.82, 2.24) is 15.5 Å². The first-order valence-corrected chi connectivity index (χ1v) is 7.78. The van der Waals surface area contributed by atoms with Gasteiger partial charge in [-0.15, -0.1) is 0 Å². The van der Waals surface area contributed by atoms with Gasteiger partial charge in [0.05, 0.1) is 5.69 Å². The van der Waals surface area contributed by atoms with E-state index in [0.29, 0.717) is 6.54 Å². The molecule has 1 saturated heterocycles. The zero-order valence-corrected chi connectivity index (χ0v) is 12.6. The van der Waals surface area contributed by atoms with E-state index in [1.807, 2.05) is 42.5 Å². The van der Waals surface area contributed by atoms with Crippen LogP contribution in [0.2, 0.25) is 0 Å². The Kier molecular flexibility index (Phi) is 4.88. The molecule has 3 N–H and O–H groups in total. The maximum Gasteiger partial charge on any atom is 0.319 e. The lowest BCUT2D eigenvalue weighted by atomic mass is 10.1. The molecule has 0 saturated carbocycles. The highest BCUT2D eigenvalue weighted by Gasteiger charge is 2.09. The molecule has 0 aliphatic carbocycles. The molecule has 0 aromatic heterocycles. The molecule has 1 heterocycles. The average Bonchev–Trinajstić information content (AvgIpc) is 2.56. The number of hydrogen-bond donors (Lipinski definition) is 3. The zero-order chi connectivity index (χ0) is 15.2. The van der Waals surface area contributed by atoms with Crippen molar-refractivity contribution < 1.29 is 4.79 Å². The van der Waals surface area contributed by atoms with E-state index in [1.54, 1.807) is 0 Å². The van der Waals surface area contributed by atoms with E-state index >= 15 is 0 Å². The molecule has 2 amide bonds. The maximum atomic E-state index is 12.0. The van der Waals surface area contributed by atoms with Crippen molar-refractivity contribution in [3.63, 3.8) is 0 Å². The number of urea groups is 1. The van der Waals surface area contributed by atoms with Crippen molar-refractivity contribution in [2.24, 2.45) is 0 Å². The minimum Gasteiger partial charge on any atom is -0.337 e. The van der Waals surface area contributed by atoms with Gasteiger partial charge in [0.2, 0.25) is 0 Å². The zero-order valence-electron chi connectivity index (χ0n) is 12.6. The van der Waals surface area contributed by atoms with Crippen LogP contribution >= 0.6 is 0 Å². The summed E-state index contributed by atoms with van der Waals surface area (Å²) in [6, 6.07) is 13.8. The molecule has 1 aliphatic rings. The number of nitrogens with one attached hydrogen (secondary N) is 3. The van der Waals surface area contributed by atoms with Crippen LogP contribution in [0.15, 0.2) is 42.5 Å². The van der Waals surface area contributed by atoms with Crippen LogP contribution in [-0.2, 0) is 0 Å². The van der Waals surface area contributed by atoms with Gasteiger partial charge in [0.1, 0.15) is 0 Å². The van der Waals surface area contributed by atoms with Gasteiger partial charge in [0, 0.05) is 44.7 Å². The van der Waals surface area contributed by atoms with E-state index in [1.165, 1.54) is 0 Å². The number of nitrogens with zero attached hydrogens (tertiary/aromatic N) is 1. The minimum absolute atomic E-state index is 0.147. The molecular formula is C17H22N4O. The maximum absolute atomic E-state index is 12.0. The van der Waals surface area contributed by atoms with Crippen molar-refractivity contribution >= 4 is 22.5 Å². The number of benzene rings is 2. The Labute approximate surface area is 130 Å². The van der Waals surface area contributed by atoms with Crippen LogP contribution in [0.5, 0.6) is 0 Å². The third-order valence-corrected chi connectivity index (χ3v) is 3.96. The number of fused-ring (bicyclic) bond motifs is 1. The van der Waals surface area contributed by atoms with E-state index in [4.69, 9.17) is 0 Å². The highest BCUT2D eigenvalue weighted by molar-refractivity contribution is 6.01. The highest BCUT2D eigenvalue weighted by atomic mass is 16.2. The third-order valence-electron chi connectivity index (χ3n) is 3.96. The first kappa shape index (κ1) is 14.8. The fourth-order valence-electron chi connectivity index (χ4n) is 2.76. The monoisotopic (exact) mass is 298 g/mol. The number of anilines is 1. The van der Waals surface area contributed by atoms with Crippen molar-refractivity contribution in [3.8, 4) is 0 Å². The van der Waals surface area contributed by atoms with Gasteiger partial charge in [-0.2, -0.15) is 0 Å². The number of amides is 2. The van der Waals surface area contributed by atoms with Crippen molar-refractivity contribution in [2.45, 2.75) is 0 Å². The molecule has 0 atom stereocenters. The summed E-state index contributed by atoms with van der Waals surface area (Å²) in [7, 11) is 0. The summed E-state index contributed by atoms with van der Waals surface area (Å²) >= 11 is 0. The van der Waals surface area contributed by atoms with Crippen molar-refractivity contribution in [1.29, 1.82) is 0 Å². The second kappa shape index (κ2) is 7.24. The molecule has 2 aromatic rings. The SMILES string of the molecule is O=C(NCCN1CCNCC1)Nc1cccc2ccccc12. The fourth-order valence-corrected chi connectivity index (χ4v) is 2.76. The van der Waals surface area contributed by atoms with Gasteiger partial charge in [-0.3, -0.25) is 4.90 Å². The van der Waals surface area contributed by atoms with Crippen LogP contribution in [0.3, 0.4) is 0 Å². The quantitative estimate of drug-likeness (QED) is 0.807. The minimum atomic E-state index is -0.147. The Morgan fingerprint density at radius 3 is 2.73 bits per heavy atom. The summed E-state index contributed by atoms with van der Waals surface area (Å²) in [5.41, 5.74) is 0.845. The number of carbonyl (C=O) groups excluding carboxylic acids is 1. The van der Waals surface area contributed by atoms with Crippen LogP contribution in [0.1, 0.15) is 0 Å². The normalized spacial score (nSPS) is 15.6. The molecule has 1 aliphatic heterocycles. The van der Waals surface area contributed by atoms with E-state index in [9.17, 15) is 4.79 Å². The summed E-state index contributed by atoms with van der Waals surface area (Å²) in [5, 5.41) is 11.4. The van der Waals surface area contributed by atoms with Crippen LogP contribution < -0.4 is 16.0 Å². The molecule has 3 rings (SSSR count). The Hall–Kier alpha value is -2.11. The second-order valence-corrected chi connectivity index (χ2v) is 5.50. The topological polar surface area (TPSA) is 56.4 Å². The fraction of sp³-hybridized carbons (Fsp3) is 0.353. The van der Waals surface area contributed by atoms with E-state index in [-0.39, 0.29) is 6.03 Å². The molecular weight excluding hydrogens is 276 g/mol. The number of hydrogen-bond acceptors (Lipinski definition) is 3. The van der Waals surface area contributed by atoms with Crippen LogP contribution in [0, 0.1) is 0 Å². The highest BCUT2D eigenvalue weighted by Crippen LogP contribution is 2.22.